The van der Waals surface area contributed by atoms with Gasteiger partial charge in [-0.2, -0.15) is 0 Å². The van der Waals surface area contributed by atoms with Gasteiger partial charge in [0.15, 0.2) is 0 Å². The zero-order chi connectivity index (χ0) is 20.2. The highest BCUT2D eigenvalue weighted by atomic mass is 19.1. The first kappa shape index (κ1) is 18.6. The van der Waals surface area contributed by atoms with Crippen LogP contribution in [0.5, 0.6) is 0 Å². The van der Waals surface area contributed by atoms with Crippen molar-refractivity contribution in [2.24, 2.45) is 9.98 Å². The first-order valence-corrected chi connectivity index (χ1v) is 9.21. The van der Waals surface area contributed by atoms with Gasteiger partial charge in [0.05, 0.1) is 17.3 Å². The maximum atomic E-state index is 13.5. The SMILES string of the molecule is CC1=Nc2ccccc2N=C(NC(=O)Nc2ccccc2)[C@@H]1c1ccc(F)cc1. The fourth-order valence-corrected chi connectivity index (χ4v) is 3.25. The number of benzene rings is 3. The number of halogens is 1. The molecule has 1 aliphatic heterocycles. The number of rotatable bonds is 2. The summed E-state index contributed by atoms with van der Waals surface area (Å²) in [7, 11) is 0. The van der Waals surface area contributed by atoms with E-state index in [1.54, 1.807) is 24.3 Å². The molecule has 4 rings (SSSR count). The number of fused-ring (bicyclic) bond motifs is 1. The molecule has 0 saturated heterocycles. The number of amidine groups is 1. The largest absolute Gasteiger partial charge is 0.324 e. The molecule has 3 aromatic carbocycles. The van der Waals surface area contributed by atoms with Crippen molar-refractivity contribution in [2.75, 3.05) is 5.32 Å². The second-order valence-electron chi connectivity index (χ2n) is 6.67. The number of nitrogens with one attached hydrogen (secondary N) is 2. The Hall–Kier alpha value is -3.80. The first-order valence-electron chi connectivity index (χ1n) is 9.21. The predicted octanol–water partition coefficient (Wildman–Crippen LogP) is 5.57. The van der Waals surface area contributed by atoms with Crippen molar-refractivity contribution in [2.45, 2.75) is 12.8 Å². The summed E-state index contributed by atoms with van der Waals surface area (Å²) in [5.41, 5.74) is 3.59. The van der Waals surface area contributed by atoms with Crippen molar-refractivity contribution >= 4 is 34.6 Å². The van der Waals surface area contributed by atoms with Crippen molar-refractivity contribution in [3.05, 3.63) is 90.2 Å². The van der Waals surface area contributed by atoms with Gasteiger partial charge in [-0.15, -0.1) is 0 Å². The van der Waals surface area contributed by atoms with Crippen LogP contribution in [0.4, 0.5) is 26.2 Å². The second kappa shape index (κ2) is 8.06. The second-order valence-corrected chi connectivity index (χ2v) is 6.67. The molecular weight excluding hydrogens is 367 g/mol. The van der Waals surface area contributed by atoms with Gasteiger partial charge in [-0.1, -0.05) is 42.5 Å². The molecule has 0 bridgehead atoms. The third-order valence-corrected chi connectivity index (χ3v) is 4.59. The lowest BCUT2D eigenvalue weighted by molar-refractivity contribution is 0.256. The predicted molar refractivity (Wildman–Crippen MR) is 114 cm³/mol. The zero-order valence-electron chi connectivity index (χ0n) is 15.8. The average molecular weight is 386 g/mol. The van der Waals surface area contributed by atoms with Crippen LogP contribution in [0.1, 0.15) is 18.4 Å². The number of hydrogen-bond donors (Lipinski definition) is 2. The number of aliphatic imine (C=N–C) groups is 2. The van der Waals surface area contributed by atoms with Gasteiger partial charge in [-0.25, -0.2) is 14.2 Å². The highest BCUT2D eigenvalue weighted by Crippen LogP contribution is 2.34. The van der Waals surface area contributed by atoms with E-state index in [0.29, 0.717) is 17.2 Å². The Balaban J connectivity index is 1.71. The van der Waals surface area contributed by atoms with E-state index in [-0.39, 0.29) is 5.82 Å². The first-order chi connectivity index (χ1) is 14.1. The molecular formula is C23H19FN4O. The molecule has 6 heteroatoms. The van der Waals surface area contributed by atoms with E-state index in [2.05, 4.69) is 15.6 Å². The van der Waals surface area contributed by atoms with E-state index in [4.69, 9.17) is 4.99 Å². The van der Waals surface area contributed by atoms with E-state index >= 15 is 0 Å². The molecule has 0 spiro atoms. The van der Waals surface area contributed by atoms with Crippen molar-refractivity contribution < 1.29 is 9.18 Å². The summed E-state index contributed by atoms with van der Waals surface area (Å²) in [6.45, 7) is 1.88. The number of carbonyl (C=O) groups excluding carboxylic acids is 1. The van der Waals surface area contributed by atoms with E-state index in [9.17, 15) is 9.18 Å². The Morgan fingerprint density at radius 3 is 2.14 bits per heavy atom. The normalized spacial score (nSPS) is 15.4. The molecule has 2 N–H and O–H groups in total. The van der Waals surface area contributed by atoms with E-state index in [0.717, 1.165) is 17.0 Å². The standard InChI is InChI=1S/C23H19FN4O/c1-15-21(16-11-13-17(24)14-12-16)22(27-20-10-6-5-9-19(20)25-15)28-23(29)26-18-7-3-2-4-8-18/h2-14,21H,1H3,(H2,26,27,28,29)/t21-/m0/s1. The average Bonchev–Trinajstić information content (AvgIpc) is 2.85. The number of para-hydroxylation sites is 3. The summed E-state index contributed by atoms with van der Waals surface area (Å²) in [4.78, 5) is 22.0. The number of urea groups is 1. The fourth-order valence-electron chi connectivity index (χ4n) is 3.25. The minimum Gasteiger partial charge on any atom is -0.308 e. The van der Waals surface area contributed by atoms with Crippen LogP contribution in [0.3, 0.4) is 0 Å². The van der Waals surface area contributed by atoms with Gasteiger partial charge in [0, 0.05) is 11.4 Å². The molecule has 0 radical (unpaired) electrons. The van der Waals surface area contributed by atoms with E-state index in [1.807, 2.05) is 49.4 Å². The number of carbonyl (C=O) groups is 1. The van der Waals surface area contributed by atoms with Crippen molar-refractivity contribution in [3.8, 4) is 0 Å². The third kappa shape index (κ3) is 4.21. The minimum absolute atomic E-state index is 0.325. The van der Waals surface area contributed by atoms with Crippen LogP contribution >= 0.6 is 0 Å². The molecule has 0 unspecified atom stereocenters. The minimum atomic E-state index is -0.412. The lowest BCUT2D eigenvalue weighted by Crippen LogP contribution is -2.39. The molecule has 29 heavy (non-hydrogen) atoms. The maximum Gasteiger partial charge on any atom is 0.324 e. The summed E-state index contributed by atoms with van der Waals surface area (Å²) in [6.07, 6.45) is 0. The van der Waals surface area contributed by atoms with Crippen LogP contribution in [0.25, 0.3) is 0 Å². The van der Waals surface area contributed by atoms with Crippen molar-refractivity contribution in [1.29, 1.82) is 0 Å². The summed E-state index contributed by atoms with van der Waals surface area (Å²) in [6, 6.07) is 22.4. The van der Waals surface area contributed by atoms with Crippen LogP contribution in [-0.2, 0) is 0 Å². The van der Waals surface area contributed by atoms with E-state index in [1.165, 1.54) is 12.1 Å². The maximum absolute atomic E-state index is 13.5. The highest BCUT2D eigenvalue weighted by molar-refractivity contribution is 6.18. The van der Waals surface area contributed by atoms with Gasteiger partial charge < -0.3 is 5.32 Å². The van der Waals surface area contributed by atoms with Gasteiger partial charge >= 0.3 is 6.03 Å². The van der Waals surface area contributed by atoms with Crippen molar-refractivity contribution in [3.63, 3.8) is 0 Å². The smallest absolute Gasteiger partial charge is 0.308 e. The van der Waals surface area contributed by atoms with Crippen molar-refractivity contribution in [1.82, 2.24) is 5.32 Å². The summed E-state index contributed by atoms with van der Waals surface area (Å²) in [5, 5.41) is 5.67. The Bertz CT molecular complexity index is 1090. The molecule has 0 saturated carbocycles. The number of nitrogens with zero attached hydrogens (tertiary/aromatic N) is 2. The van der Waals surface area contributed by atoms with E-state index < -0.39 is 11.9 Å². The molecule has 144 valence electrons. The number of amides is 2. The van der Waals surface area contributed by atoms with Gasteiger partial charge in [-0.3, -0.25) is 10.3 Å². The van der Waals surface area contributed by atoms with Crippen LogP contribution < -0.4 is 10.6 Å². The van der Waals surface area contributed by atoms with Gasteiger partial charge in [0.25, 0.3) is 0 Å². The van der Waals surface area contributed by atoms with Gasteiger partial charge in [0.1, 0.15) is 11.7 Å². The third-order valence-electron chi connectivity index (χ3n) is 4.59. The summed E-state index contributed by atoms with van der Waals surface area (Å²) < 4.78 is 13.5. The summed E-state index contributed by atoms with van der Waals surface area (Å²) in [5.74, 6) is -0.311. The Labute approximate surface area is 168 Å². The topological polar surface area (TPSA) is 65.8 Å². The van der Waals surface area contributed by atoms with Gasteiger partial charge in [0.2, 0.25) is 0 Å². The molecule has 2 amide bonds. The lowest BCUT2D eigenvalue weighted by Gasteiger charge is -2.19. The van der Waals surface area contributed by atoms with Crippen LogP contribution in [0, 0.1) is 5.82 Å². The Morgan fingerprint density at radius 2 is 1.45 bits per heavy atom. The highest BCUT2D eigenvalue weighted by Gasteiger charge is 2.26. The zero-order valence-corrected chi connectivity index (χ0v) is 15.8. The van der Waals surface area contributed by atoms with Crippen LogP contribution in [-0.4, -0.2) is 17.6 Å². The lowest BCUT2D eigenvalue weighted by atomic mass is 9.93. The number of anilines is 1. The molecule has 5 nitrogen and oxygen atoms in total. The summed E-state index contributed by atoms with van der Waals surface area (Å²) >= 11 is 0. The molecule has 1 atom stereocenters. The monoisotopic (exact) mass is 386 g/mol. The molecule has 0 aliphatic carbocycles. The molecule has 3 aromatic rings. The van der Waals surface area contributed by atoms with Gasteiger partial charge in [-0.05, 0) is 48.9 Å². The van der Waals surface area contributed by atoms with Crippen LogP contribution in [0.2, 0.25) is 0 Å². The Kier molecular flexibility index (Phi) is 5.16. The molecule has 1 aliphatic rings. The number of hydrogen-bond acceptors (Lipinski definition) is 3. The molecule has 0 fully saturated rings. The fraction of sp³-hybridized carbons (Fsp3) is 0.0870. The Morgan fingerprint density at radius 1 is 0.828 bits per heavy atom. The molecule has 0 aromatic heterocycles. The van der Waals surface area contributed by atoms with Crippen LogP contribution in [0.15, 0.2) is 88.8 Å². The molecule has 1 heterocycles. The quantitative estimate of drug-likeness (QED) is 0.594.